The standard InChI is InChI=1S/C30H39N5O3S/c1-20-9-8-10-21(19-20)24-25(23-13-16-31-27(33-23)32-22-11-6-5-7-12-22)39-26(34-24)30(37)14-17-35(18-15-30)28(36)38-29(2,3)4/h8-10,13,16,19,22,37H,5-7,11-12,14-15,17-18H2,1-4H3,(H,31,32,33). The number of aromatic nitrogens is 3. The van der Waals surface area contributed by atoms with Gasteiger partial charge in [0.2, 0.25) is 5.95 Å². The number of likely N-dealkylation sites (tertiary alicyclic amines) is 1. The second-order valence-electron chi connectivity index (χ2n) is 11.8. The van der Waals surface area contributed by atoms with Crippen molar-refractivity contribution in [2.45, 2.75) is 89.9 Å². The number of aliphatic hydroxyl groups is 1. The van der Waals surface area contributed by atoms with Gasteiger partial charge >= 0.3 is 6.09 Å². The molecule has 0 bridgehead atoms. The van der Waals surface area contributed by atoms with Gasteiger partial charge in [0.25, 0.3) is 0 Å². The van der Waals surface area contributed by atoms with Crippen molar-refractivity contribution in [2.75, 3.05) is 18.4 Å². The molecule has 0 radical (unpaired) electrons. The summed E-state index contributed by atoms with van der Waals surface area (Å²) in [6.45, 7) is 8.45. The molecule has 2 fully saturated rings. The number of rotatable bonds is 5. The Morgan fingerprint density at radius 3 is 2.56 bits per heavy atom. The van der Waals surface area contributed by atoms with Gasteiger partial charge in [-0.1, -0.05) is 43.0 Å². The van der Waals surface area contributed by atoms with Crippen LogP contribution in [0.4, 0.5) is 10.7 Å². The fourth-order valence-electron chi connectivity index (χ4n) is 5.26. The van der Waals surface area contributed by atoms with Gasteiger partial charge in [-0.15, -0.1) is 11.3 Å². The number of nitrogens with one attached hydrogen (secondary N) is 1. The SMILES string of the molecule is Cc1cccc(-c2nc(C3(O)CCN(C(=O)OC(C)(C)C)CC3)sc2-c2ccnc(NC3CCCCC3)n2)c1. The van der Waals surface area contributed by atoms with Crippen molar-refractivity contribution in [1.29, 1.82) is 0 Å². The fraction of sp³-hybridized carbons (Fsp3) is 0.533. The van der Waals surface area contributed by atoms with Crippen molar-refractivity contribution < 1.29 is 14.6 Å². The number of hydrogen-bond acceptors (Lipinski definition) is 8. The molecule has 0 spiro atoms. The molecule has 1 aliphatic heterocycles. The first-order chi connectivity index (χ1) is 18.6. The molecule has 1 saturated heterocycles. The summed E-state index contributed by atoms with van der Waals surface area (Å²) < 4.78 is 5.54. The third kappa shape index (κ3) is 6.58. The van der Waals surface area contributed by atoms with Crippen LogP contribution in [0.5, 0.6) is 0 Å². The highest BCUT2D eigenvalue weighted by Crippen LogP contribution is 2.43. The fourth-order valence-corrected chi connectivity index (χ4v) is 6.47. The number of piperidine rings is 1. The van der Waals surface area contributed by atoms with Gasteiger partial charge in [0, 0.05) is 43.7 Å². The van der Waals surface area contributed by atoms with E-state index in [0.717, 1.165) is 40.2 Å². The number of amides is 1. The van der Waals surface area contributed by atoms with Gasteiger partial charge < -0.3 is 20.1 Å². The van der Waals surface area contributed by atoms with Crippen LogP contribution in [0.1, 0.15) is 76.3 Å². The highest BCUT2D eigenvalue weighted by molar-refractivity contribution is 7.15. The van der Waals surface area contributed by atoms with E-state index in [9.17, 15) is 9.90 Å². The zero-order valence-electron chi connectivity index (χ0n) is 23.4. The molecule has 3 heterocycles. The van der Waals surface area contributed by atoms with Gasteiger partial charge in [0.15, 0.2) is 0 Å². The maximum atomic E-state index is 12.6. The van der Waals surface area contributed by atoms with Crippen LogP contribution in [0.15, 0.2) is 36.5 Å². The third-order valence-electron chi connectivity index (χ3n) is 7.39. The van der Waals surface area contributed by atoms with Gasteiger partial charge in [0.1, 0.15) is 16.2 Å². The maximum Gasteiger partial charge on any atom is 0.410 e. The largest absolute Gasteiger partial charge is 0.444 e. The van der Waals surface area contributed by atoms with Crippen LogP contribution in [0.2, 0.25) is 0 Å². The summed E-state index contributed by atoms with van der Waals surface area (Å²) >= 11 is 1.48. The molecule has 2 aromatic heterocycles. The van der Waals surface area contributed by atoms with Crippen molar-refractivity contribution in [3.05, 3.63) is 47.1 Å². The molecule has 2 aliphatic rings. The lowest BCUT2D eigenvalue weighted by atomic mass is 9.92. The number of carbonyl (C=O) groups is 1. The third-order valence-corrected chi connectivity index (χ3v) is 8.66. The summed E-state index contributed by atoms with van der Waals surface area (Å²) in [5.74, 6) is 0.633. The Kier molecular flexibility index (Phi) is 7.91. The maximum absolute atomic E-state index is 12.6. The van der Waals surface area contributed by atoms with Gasteiger partial charge in [-0.25, -0.2) is 19.7 Å². The predicted molar refractivity (Wildman–Crippen MR) is 155 cm³/mol. The van der Waals surface area contributed by atoms with E-state index in [1.54, 1.807) is 11.1 Å². The van der Waals surface area contributed by atoms with E-state index in [1.165, 1.54) is 30.6 Å². The number of nitrogens with zero attached hydrogens (tertiary/aromatic N) is 4. The number of aryl methyl sites for hydroxylation is 1. The number of anilines is 1. The van der Waals surface area contributed by atoms with E-state index in [1.807, 2.05) is 39.0 Å². The van der Waals surface area contributed by atoms with Crippen molar-refractivity contribution in [2.24, 2.45) is 0 Å². The second-order valence-corrected chi connectivity index (χ2v) is 12.8. The number of carbonyl (C=O) groups excluding carboxylic acids is 1. The topological polar surface area (TPSA) is 100 Å². The van der Waals surface area contributed by atoms with Crippen molar-refractivity contribution in [3.8, 4) is 21.8 Å². The molecule has 2 N–H and O–H groups in total. The lowest BCUT2D eigenvalue weighted by Crippen LogP contribution is -2.46. The van der Waals surface area contributed by atoms with Crippen LogP contribution in [0, 0.1) is 6.92 Å². The molecule has 0 unspecified atom stereocenters. The van der Waals surface area contributed by atoms with Crippen LogP contribution in [0.25, 0.3) is 21.8 Å². The molecular weight excluding hydrogens is 510 g/mol. The van der Waals surface area contributed by atoms with Crippen LogP contribution >= 0.6 is 11.3 Å². The van der Waals surface area contributed by atoms with Crippen LogP contribution in [0.3, 0.4) is 0 Å². The molecule has 5 rings (SSSR count). The van der Waals surface area contributed by atoms with Crippen LogP contribution < -0.4 is 5.32 Å². The van der Waals surface area contributed by atoms with E-state index in [0.29, 0.717) is 42.9 Å². The summed E-state index contributed by atoms with van der Waals surface area (Å²) in [5, 5.41) is 15.9. The Labute approximate surface area is 234 Å². The van der Waals surface area contributed by atoms with E-state index < -0.39 is 11.2 Å². The first-order valence-corrected chi connectivity index (χ1v) is 14.8. The molecule has 1 amide bonds. The van der Waals surface area contributed by atoms with Gasteiger partial charge in [-0.2, -0.15) is 0 Å². The number of thiazole rings is 1. The molecule has 1 saturated carbocycles. The van der Waals surface area contributed by atoms with Gasteiger partial charge in [0.05, 0.1) is 16.3 Å². The van der Waals surface area contributed by atoms with Crippen molar-refractivity contribution in [1.82, 2.24) is 19.9 Å². The first-order valence-electron chi connectivity index (χ1n) is 14.0. The number of ether oxygens (including phenoxy) is 1. The van der Waals surface area contributed by atoms with Gasteiger partial charge in [-0.3, -0.25) is 0 Å². The quantitative estimate of drug-likeness (QED) is 0.373. The summed E-state index contributed by atoms with van der Waals surface area (Å²) in [6.07, 6.45) is 8.27. The Bertz CT molecular complexity index is 1300. The Morgan fingerprint density at radius 1 is 1.13 bits per heavy atom. The number of benzene rings is 1. The first kappa shape index (κ1) is 27.5. The molecule has 0 atom stereocenters. The molecule has 1 aromatic carbocycles. The summed E-state index contributed by atoms with van der Waals surface area (Å²) in [4.78, 5) is 29.6. The Balaban J connectivity index is 1.44. The van der Waals surface area contributed by atoms with E-state index >= 15 is 0 Å². The lowest BCUT2D eigenvalue weighted by molar-refractivity contribution is -0.0356. The zero-order valence-corrected chi connectivity index (χ0v) is 24.2. The molecule has 3 aromatic rings. The van der Waals surface area contributed by atoms with Crippen LogP contribution in [-0.4, -0.2) is 55.8 Å². The zero-order chi connectivity index (χ0) is 27.6. The smallest absolute Gasteiger partial charge is 0.410 e. The average Bonchev–Trinajstić information content (AvgIpc) is 3.36. The molecule has 1 aliphatic carbocycles. The van der Waals surface area contributed by atoms with Crippen molar-refractivity contribution >= 4 is 23.4 Å². The van der Waals surface area contributed by atoms with E-state index in [2.05, 4.69) is 29.4 Å². The summed E-state index contributed by atoms with van der Waals surface area (Å²) in [7, 11) is 0. The Hall–Kier alpha value is -3.04. The van der Waals surface area contributed by atoms with E-state index in [-0.39, 0.29) is 6.09 Å². The second kappa shape index (κ2) is 11.2. The van der Waals surface area contributed by atoms with Gasteiger partial charge in [-0.05, 0) is 52.7 Å². The highest BCUT2D eigenvalue weighted by atomic mass is 32.1. The minimum absolute atomic E-state index is 0.344. The average molecular weight is 550 g/mol. The molecule has 39 heavy (non-hydrogen) atoms. The Morgan fingerprint density at radius 2 is 1.87 bits per heavy atom. The summed E-state index contributed by atoms with van der Waals surface area (Å²) in [5.41, 5.74) is 2.04. The molecule has 9 heteroatoms. The minimum Gasteiger partial charge on any atom is -0.444 e. The summed E-state index contributed by atoms with van der Waals surface area (Å²) in [6, 6.07) is 10.6. The molecule has 208 valence electrons. The number of hydrogen-bond donors (Lipinski definition) is 2. The highest BCUT2D eigenvalue weighted by Gasteiger charge is 2.40. The van der Waals surface area contributed by atoms with E-state index in [4.69, 9.17) is 14.7 Å². The predicted octanol–water partition coefficient (Wildman–Crippen LogP) is 6.54. The molecule has 8 nitrogen and oxygen atoms in total. The normalized spacial score (nSPS) is 18.1. The lowest BCUT2D eigenvalue weighted by Gasteiger charge is -2.37. The monoisotopic (exact) mass is 549 g/mol. The molecular formula is C30H39N5O3S. The van der Waals surface area contributed by atoms with Crippen LogP contribution in [-0.2, 0) is 10.3 Å². The minimum atomic E-state index is -1.13. The van der Waals surface area contributed by atoms with Crippen molar-refractivity contribution in [3.63, 3.8) is 0 Å².